The van der Waals surface area contributed by atoms with Crippen LogP contribution >= 0.6 is 11.6 Å². The summed E-state index contributed by atoms with van der Waals surface area (Å²) < 4.78 is 43.0. The highest BCUT2D eigenvalue weighted by Crippen LogP contribution is 2.27. The van der Waals surface area contributed by atoms with Gasteiger partial charge in [0.15, 0.2) is 11.6 Å². The Kier molecular flexibility index (Phi) is 6.52. The van der Waals surface area contributed by atoms with E-state index in [0.29, 0.717) is 11.3 Å². The summed E-state index contributed by atoms with van der Waals surface area (Å²) in [6, 6.07) is 2.74. The number of imidazole rings is 1. The van der Waals surface area contributed by atoms with Gasteiger partial charge in [0.25, 0.3) is 0 Å². The number of halogens is 2. The number of nitrogens with zero attached hydrogens (tertiary/aromatic N) is 2. The number of hydrogen-bond donors (Lipinski definition) is 1. The second kappa shape index (κ2) is 8.71. The molecule has 0 radical (unpaired) electrons. The van der Waals surface area contributed by atoms with Crippen molar-refractivity contribution >= 4 is 27.4 Å². The number of benzene rings is 1. The molecule has 0 amide bonds. The van der Waals surface area contributed by atoms with Crippen LogP contribution in [0.25, 0.3) is 11.3 Å². The molecule has 0 bridgehead atoms. The van der Waals surface area contributed by atoms with Gasteiger partial charge in [-0.15, -0.1) is 0 Å². The first kappa shape index (κ1) is 21.0. The molecule has 6 nitrogen and oxygen atoms in total. The summed E-state index contributed by atoms with van der Waals surface area (Å²) in [5.41, 5.74) is 0.769. The van der Waals surface area contributed by atoms with Crippen LogP contribution in [0.5, 0.6) is 0 Å². The van der Waals surface area contributed by atoms with E-state index in [0.717, 1.165) is 32.1 Å². The van der Waals surface area contributed by atoms with Crippen LogP contribution in [0.4, 0.5) is 4.39 Å². The normalized spacial score (nSPS) is 15.7. The molecule has 1 N–H and O–H groups in total. The quantitative estimate of drug-likeness (QED) is 0.685. The average molecular weight is 428 g/mol. The van der Waals surface area contributed by atoms with Gasteiger partial charge in [0.2, 0.25) is 10.0 Å². The third kappa shape index (κ3) is 5.18. The largest absolute Gasteiger partial charge is 0.340 e. The molecule has 1 fully saturated rings. The van der Waals surface area contributed by atoms with Gasteiger partial charge in [0.05, 0.1) is 34.9 Å². The van der Waals surface area contributed by atoms with Crippen LogP contribution in [-0.4, -0.2) is 36.0 Å². The molecule has 0 atom stereocenters. The van der Waals surface area contributed by atoms with Gasteiger partial charge in [-0.25, -0.2) is 22.5 Å². The van der Waals surface area contributed by atoms with E-state index in [2.05, 4.69) is 9.71 Å². The van der Waals surface area contributed by atoms with Crippen molar-refractivity contribution < 1.29 is 17.6 Å². The fraction of sp³-hybridized carbons (Fsp3) is 0.474. The van der Waals surface area contributed by atoms with Crippen molar-refractivity contribution in [3.8, 4) is 11.3 Å². The smallest absolute Gasteiger partial charge is 0.212 e. The Bertz CT molecular complexity index is 969. The zero-order valence-electron chi connectivity index (χ0n) is 15.6. The fourth-order valence-corrected chi connectivity index (χ4v) is 5.14. The van der Waals surface area contributed by atoms with Gasteiger partial charge in [0.1, 0.15) is 0 Å². The maximum atomic E-state index is 14.4. The number of nitrogens with one attached hydrogen (secondary N) is 1. The van der Waals surface area contributed by atoms with Crippen LogP contribution in [0.3, 0.4) is 0 Å². The van der Waals surface area contributed by atoms with Gasteiger partial charge < -0.3 is 4.57 Å². The van der Waals surface area contributed by atoms with E-state index in [9.17, 15) is 17.6 Å². The molecule has 1 aliphatic rings. The molecule has 9 heteroatoms. The van der Waals surface area contributed by atoms with Gasteiger partial charge >= 0.3 is 0 Å². The zero-order chi connectivity index (χ0) is 20.3. The van der Waals surface area contributed by atoms with Gasteiger partial charge in [0, 0.05) is 18.8 Å². The Morgan fingerprint density at radius 1 is 1.32 bits per heavy atom. The topological polar surface area (TPSA) is 81.1 Å². The number of Topliss-reactive ketones (excluding diaryl/α,β-unsaturated/α-hetero) is 1. The summed E-state index contributed by atoms with van der Waals surface area (Å²) in [6.07, 6.45) is 8.25. The monoisotopic (exact) mass is 427 g/mol. The van der Waals surface area contributed by atoms with Crippen molar-refractivity contribution in [2.75, 3.05) is 12.3 Å². The molecule has 28 heavy (non-hydrogen) atoms. The Balaban J connectivity index is 1.72. The minimum atomic E-state index is -3.61. The molecule has 2 aromatic rings. The lowest BCUT2D eigenvalue weighted by molar-refractivity contribution is 0.0993. The van der Waals surface area contributed by atoms with Crippen LogP contribution in [0.1, 0.15) is 42.5 Å². The first-order valence-corrected chi connectivity index (χ1v) is 11.3. The second-order valence-electron chi connectivity index (χ2n) is 7.27. The van der Waals surface area contributed by atoms with Crippen molar-refractivity contribution in [2.24, 2.45) is 13.0 Å². The molecule has 0 saturated heterocycles. The number of aromatic nitrogens is 2. The number of sulfonamides is 1. The Morgan fingerprint density at radius 3 is 2.68 bits per heavy atom. The number of carbonyl (C=O) groups excluding carboxylic acids is 1. The zero-order valence-corrected chi connectivity index (χ0v) is 17.2. The Morgan fingerprint density at radius 2 is 2.04 bits per heavy atom. The fourth-order valence-electron chi connectivity index (χ4n) is 3.50. The van der Waals surface area contributed by atoms with Crippen molar-refractivity contribution in [1.82, 2.24) is 14.3 Å². The summed E-state index contributed by atoms with van der Waals surface area (Å²) in [5, 5.41) is -0.212. The molecule has 1 aromatic heterocycles. The summed E-state index contributed by atoms with van der Waals surface area (Å²) in [7, 11) is -1.82. The maximum absolute atomic E-state index is 14.4. The number of aryl methyl sites for hydroxylation is 1. The molecule has 0 spiro atoms. The number of ketones is 1. The molecule has 0 aliphatic heterocycles. The first-order chi connectivity index (χ1) is 13.2. The van der Waals surface area contributed by atoms with Crippen LogP contribution in [-0.2, 0) is 17.1 Å². The SMILES string of the molecule is Cn1cnc(-c2cc(Cl)c(F)c(C(=O)CNS(=O)(=O)CC3CCCCC3)c2)c1. The lowest BCUT2D eigenvalue weighted by Gasteiger charge is -2.21. The maximum Gasteiger partial charge on any atom is 0.212 e. The van der Waals surface area contributed by atoms with Crippen molar-refractivity contribution in [1.29, 1.82) is 0 Å². The van der Waals surface area contributed by atoms with E-state index in [1.54, 1.807) is 24.1 Å². The first-order valence-electron chi connectivity index (χ1n) is 9.23. The predicted molar refractivity (Wildman–Crippen MR) is 106 cm³/mol. The van der Waals surface area contributed by atoms with Gasteiger partial charge in [-0.3, -0.25) is 4.79 Å². The molecule has 1 aliphatic carbocycles. The summed E-state index contributed by atoms with van der Waals surface area (Å²) in [6.45, 7) is -0.506. The number of carbonyl (C=O) groups is 1. The lowest BCUT2D eigenvalue weighted by Crippen LogP contribution is -2.34. The molecule has 152 valence electrons. The highest BCUT2D eigenvalue weighted by atomic mass is 35.5. The van der Waals surface area contributed by atoms with Gasteiger partial charge in [-0.2, -0.15) is 0 Å². The molecular weight excluding hydrogens is 405 g/mol. The molecule has 1 heterocycles. The van der Waals surface area contributed by atoms with Crippen LogP contribution in [0.15, 0.2) is 24.7 Å². The summed E-state index contributed by atoms with van der Waals surface area (Å²) in [5.74, 6) is -1.43. The highest BCUT2D eigenvalue weighted by Gasteiger charge is 2.23. The van der Waals surface area contributed by atoms with Crippen LogP contribution < -0.4 is 4.72 Å². The van der Waals surface area contributed by atoms with E-state index in [-0.39, 0.29) is 22.3 Å². The van der Waals surface area contributed by atoms with Crippen LogP contribution in [0, 0.1) is 11.7 Å². The number of rotatable bonds is 7. The summed E-state index contributed by atoms with van der Waals surface area (Å²) in [4.78, 5) is 16.7. The van der Waals surface area contributed by atoms with Crippen molar-refractivity contribution in [3.63, 3.8) is 0 Å². The Labute approximate surface area is 169 Å². The third-order valence-electron chi connectivity index (χ3n) is 4.96. The molecule has 3 rings (SSSR count). The second-order valence-corrected chi connectivity index (χ2v) is 9.53. The minimum absolute atomic E-state index is 0.00249. The van der Waals surface area contributed by atoms with Gasteiger partial charge in [-0.05, 0) is 30.9 Å². The minimum Gasteiger partial charge on any atom is -0.340 e. The standard InChI is InChI=1S/C19H23ClFN3O3S/c1-24-10-17(22-12-24)14-7-15(19(21)16(20)8-14)18(25)9-23-28(26,27)11-13-5-3-2-4-6-13/h7-8,10,12-13,23H,2-6,9,11H2,1H3. The van der Waals surface area contributed by atoms with E-state index in [4.69, 9.17) is 11.6 Å². The average Bonchev–Trinajstić information content (AvgIpc) is 3.09. The molecular formula is C19H23ClFN3O3S. The lowest BCUT2D eigenvalue weighted by atomic mass is 9.91. The van der Waals surface area contributed by atoms with Gasteiger partial charge in [-0.1, -0.05) is 30.9 Å². The molecule has 0 unspecified atom stereocenters. The van der Waals surface area contributed by atoms with E-state index in [1.807, 2.05) is 0 Å². The highest BCUT2D eigenvalue weighted by molar-refractivity contribution is 7.89. The van der Waals surface area contributed by atoms with E-state index < -0.39 is 28.2 Å². The van der Waals surface area contributed by atoms with Crippen molar-refractivity contribution in [3.05, 3.63) is 41.1 Å². The van der Waals surface area contributed by atoms with Crippen LogP contribution in [0.2, 0.25) is 5.02 Å². The molecule has 1 aromatic carbocycles. The summed E-state index contributed by atoms with van der Waals surface area (Å²) >= 11 is 5.94. The predicted octanol–water partition coefficient (Wildman–Crippen LogP) is 3.56. The van der Waals surface area contributed by atoms with E-state index >= 15 is 0 Å². The number of hydrogen-bond acceptors (Lipinski definition) is 4. The molecule has 1 saturated carbocycles. The van der Waals surface area contributed by atoms with E-state index in [1.165, 1.54) is 12.1 Å². The van der Waals surface area contributed by atoms with Crippen molar-refractivity contribution in [2.45, 2.75) is 32.1 Å². The Hall–Kier alpha value is -1.77. The third-order valence-corrected chi connectivity index (χ3v) is 6.73.